The molecule has 0 fully saturated rings. The third kappa shape index (κ3) is 2.62. The van der Waals surface area contributed by atoms with Crippen molar-refractivity contribution in [3.63, 3.8) is 0 Å². The number of rotatable bonds is 2. The van der Waals surface area contributed by atoms with Crippen LogP contribution in [0.1, 0.15) is 6.42 Å². The van der Waals surface area contributed by atoms with Gasteiger partial charge in [0.05, 0.1) is 0 Å². The van der Waals surface area contributed by atoms with Crippen molar-refractivity contribution in [3.8, 4) is 0 Å². The van der Waals surface area contributed by atoms with Gasteiger partial charge >= 0.3 is 102 Å². The van der Waals surface area contributed by atoms with E-state index < -0.39 is 10.9 Å². The summed E-state index contributed by atoms with van der Waals surface area (Å²) in [6.45, 7) is 0. The van der Waals surface area contributed by atoms with Gasteiger partial charge in [-0.25, -0.2) is 0 Å². The van der Waals surface area contributed by atoms with Gasteiger partial charge in [-0.2, -0.15) is 0 Å². The zero-order valence-electron chi connectivity index (χ0n) is 14.7. The molecule has 1 aromatic heterocycles. The normalized spacial score (nSPS) is 27.7. The molecule has 0 amide bonds. The molecule has 0 unspecified atom stereocenters. The van der Waals surface area contributed by atoms with Gasteiger partial charge in [-0.05, 0) is 0 Å². The van der Waals surface area contributed by atoms with Crippen molar-refractivity contribution in [1.29, 1.82) is 0 Å². The van der Waals surface area contributed by atoms with Gasteiger partial charge in [0, 0.05) is 0 Å². The molecule has 1 aliphatic carbocycles. The molecule has 1 heterocycles. The molecule has 0 spiro atoms. The van der Waals surface area contributed by atoms with Crippen LogP contribution in [-0.2, 0) is 10.9 Å². The van der Waals surface area contributed by atoms with Crippen LogP contribution < -0.4 is 3.40 Å². The molecule has 0 saturated carbocycles. The van der Waals surface area contributed by atoms with Gasteiger partial charge in [0.2, 0.25) is 0 Å². The molecule has 1 N–H and O–H groups in total. The molecule has 1 aromatic rings. The Labute approximate surface area is 126 Å². The van der Waals surface area contributed by atoms with E-state index in [4.69, 9.17) is 4.21 Å². The van der Waals surface area contributed by atoms with E-state index in [9.17, 15) is 0 Å². The van der Waals surface area contributed by atoms with E-state index in [0.717, 1.165) is 6.42 Å². The monoisotopic (exact) mass is 412 g/mol. The van der Waals surface area contributed by atoms with E-state index in [1.165, 1.54) is 6.68 Å². The molecule has 4 heteroatoms. The average molecular weight is 415 g/mol. The topological polar surface area (TPSA) is 15.8 Å². The van der Waals surface area contributed by atoms with Gasteiger partial charge < -0.3 is 0 Å². The fourth-order valence-corrected chi connectivity index (χ4v) is 19.3. The van der Waals surface area contributed by atoms with E-state index in [-0.39, 0.29) is 24.8 Å². The first-order valence-electron chi connectivity index (χ1n) is 7.56. The fraction of sp³-hybridized carbons (Fsp3) is 0.471. The minimum atomic E-state index is -5.78. The summed E-state index contributed by atoms with van der Waals surface area (Å²) in [4.78, 5) is 3.53. The molecule has 0 bridgehead atoms. The van der Waals surface area contributed by atoms with Crippen LogP contribution in [0.5, 0.6) is 0 Å². The Morgan fingerprint density at radius 3 is 1.86 bits per heavy atom. The van der Waals surface area contributed by atoms with E-state index >= 15 is 0 Å². The Balaban J connectivity index is 0.00000200. The molecule has 125 valence electrons. The molecular formula is C17H34Cl2NZr. The summed E-state index contributed by atoms with van der Waals surface area (Å²) in [5.74, 6) is 0. The van der Waals surface area contributed by atoms with Crippen LogP contribution in [0.25, 0.3) is 0 Å². The van der Waals surface area contributed by atoms with Crippen molar-refractivity contribution in [2.75, 3.05) is 0 Å². The maximum absolute atomic E-state index is 5.78. The van der Waals surface area contributed by atoms with Crippen LogP contribution in [0.15, 0.2) is 39.8 Å². The summed E-state index contributed by atoms with van der Waals surface area (Å²) in [6, 6.07) is 4.29. The van der Waals surface area contributed by atoms with Gasteiger partial charge in [-0.15, -0.1) is 24.8 Å². The predicted octanol–water partition coefficient (Wildman–Crippen LogP) is 6.46. The van der Waals surface area contributed by atoms with Crippen LogP contribution in [0.2, 0.25) is 32.4 Å². The number of hydrogen-bond donors (Lipinski definition) is 1. The summed E-state index contributed by atoms with van der Waals surface area (Å²) in [6.07, 6.45) is 9.66. The van der Waals surface area contributed by atoms with Gasteiger partial charge in [0.15, 0.2) is 0 Å². The Kier molecular flexibility index (Phi) is 2.11. The summed E-state index contributed by atoms with van der Waals surface area (Å²) in [5, 5.41) is 0. The summed E-state index contributed by atoms with van der Waals surface area (Å²) in [7, 11) is -5.78. The second-order valence-corrected chi connectivity index (χ2v) is 106. The Morgan fingerprint density at radius 2 is 1.52 bits per heavy atom. The van der Waals surface area contributed by atoms with Crippen molar-refractivity contribution >= 4 is 32.4 Å². The average Bonchev–Trinajstić information content (AvgIpc) is 2.74. The number of H-pyrrole nitrogens is 1. The molecule has 0 atom stereocenters. The van der Waals surface area contributed by atoms with Gasteiger partial charge in [0.25, 0.3) is 0 Å². The molecule has 0 aromatic carbocycles. The van der Waals surface area contributed by atoms with Crippen LogP contribution in [0.4, 0.5) is 0 Å². The Hall–Kier alpha value is 0.0931. The van der Waals surface area contributed by atoms with Crippen molar-refractivity contribution < 1.29 is 10.9 Å². The molecule has 0 saturated heterocycles. The van der Waals surface area contributed by atoms with Crippen molar-refractivity contribution in [2.24, 2.45) is 0 Å². The van der Waals surface area contributed by atoms with Crippen molar-refractivity contribution in [3.05, 3.63) is 39.8 Å². The Morgan fingerprint density at radius 1 is 1.00 bits per heavy atom. The minimum absolute atomic E-state index is 0. The standard InChI is InChI=1S/C5H5.C4H4N.7CH3.CH2.2ClH.Zr/c2*1-2-4-5-3-1;;;;;;;;;;;/h1-3H,4H2;1-3,5H;7*1H3;1H2;2*1H;. The van der Waals surface area contributed by atoms with E-state index in [1.54, 1.807) is 0 Å². The Bertz CT molecular complexity index is 888. The zero-order valence-corrected chi connectivity index (χ0v) is 18.8. The molecule has 1 aliphatic rings. The second-order valence-electron chi connectivity index (χ2n) is 19.4. The first-order chi connectivity index (χ1) is 7.53. The number of hydrogen-bond acceptors (Lipinski definition) is 0. The second kappa shape index (κ2) is 2.10. The van der Waals surface area contributed by atoms with Crippen LogP contribution in [-0.4, -0.2) is 9.20 Å². The van der Waals surface area contributed by atoms with Crippen LogP contribution >= 0.6 is 24.8 Å². The number of allylic oxidation sites excluding steroid dienone is 4. The number of nitrogens with one attached hydrogen (secondary N) is 1. The van der Waals surface area contributed by atoms with E-state index in [1.807, 2.05) is 6.20 Å². The van der Waals surface area contributed by atoms with Gasteiger partial charge in [-0.1, -0.05) is 0 Å². The third-order valence-electron chi connectivity index (χ3n) is 6.22. The zero-order chi connectivity index (χ0) is 15.1. The van der Waals surface area contributed by atoms with Crippen molar-refractivity contribution in [2.45, 2.75) is 38.8 Å². The van der Waals surface area contributed by atoms with Crippen LogP contribution in [0.3, 0.4) is 0 Å². The molecule has 1 nitrogen and oxygen atoms in total. The quantitative estimate of drug-likeness (QED) is 0.571. The maximum atomic E-state index is 5.19. The van der Waals surface area contributed by atoms with E-state index in [2.05, 4.69) is 67.8 Å². The number of aromatic amines is 1. The summed E-state index contributed by atoms with van der Waals surface area (Å²) >= 11 is 0. The fourth-order valence-electron chi connectivity index (χ4n) is 3.75. The van der Waals surface area contributed by atoms with Crippen LogP contribution in [0, 0.1) is 0 Å². The first kappa shape index (κ1) is 21.1. The molecular weight excluding hydrogens is 380 g/mol. The van der Waals surface area contributed by atoms with Crippen molar-refractivity contribution in [1.82, 2.24) is 4.98 Å². The molecule has 2 rings (SSSR count). The number of halogens is 2. The van der Waals surface area contributed by atoms with Gasteiger partial charge in [0.1, 0.15) is 0 Å². The molecule has 0 radical (unpaired) electrons. The SMILES string of the molecule is Cl.Cl.[CH2]=[Zr]([CH3])([CH3])([CH3])([CH3])([CH3])([CH3])([CH3])([C]1=CC=CC1)[c]1ccc[nH]1. The molecule has 21 heavy (non-hydrogen) atoms. The van der Waals surface area contributed by atoms with E-state index in [0.29, 0.717) is 0 Å². The summed E-state index contributed by atoms with van der Waals surface area (Å²) < 4.78 is 24.8. The molecule has 0 aliphatic heterocycles. The first-order valence-corrected chi connectivity index (χ1v) is 29.0. The number of aromatic nitrogens is 1. The third-order valence-corrected chi connectivity index (χ3v) is 31.7. The predicted molar refractivity (Wildman–Crippen MR) is 105 cm³/mol. The van der Waals surface area contributed by atoms with Gasteiger partial charge in [-0.3, -0.25) is 0 Å². The summed E-state index contributed by atoms with van der Waals surface area (Å²) in [5.41, 5.74) is 0.